The largest absolute Gasteiger partial charge is 0.477 e. The summed E-state index contributed by atoms with van der Waals surface area (Å²) in [4.78, 5) is 34.8. The predicted molar refractivity (Wildman–Crippen MR) is 74.4 cm³/mol. The molecule has 0 bridgehead atoms. The molecule has 8 heteroatoms. The van der Waals surface area contributed by atoms with Crippen molar-refractivity contribution in [3.05, 3.63) is 33.3 Å². The van der Waals surface area contributed by atoms with Crippen molar-refractivity contribution in [1.29, 1.82) is 0 Å². The van der Waals surface area contributed by atoms with E-state index in [1.165, 1.54) is 23.1 Å². The maximum Gasteiger partial charge on any atom is 0.312 e. The molecule has 0 saturated carbocycles. The molecule has 0 unspecified atom stereocenters. The summed E-state index contributed by atoms with van der Waals surface area (Å²) in [7, 11) is 0. The number of nitrogens with zero attached hydrogens (tertiary/aromatic N) is 2. The molecule has 0 aromatic heterocycles. The lowest BCUT2D eigenvalue weighted by molar-refractivity contribution is -0.385. The highest BCUT2D eigenvalue weighted by molar-refractivity contribution is 6.30. The zero-order chi connectivity index (χ0) is 15.4. The Hall–Kier alpha value is -2.15. The third kappa shape index (κ3) is 3.91. The van der Waals surface area contributed by atoms with Crippen LogP contribution in [0.1, 0.15) is 12.8 Å². The quantitative estimate of drug-likeness (QED) is 0.625. The van der Waals surface area contributed by atoms with E-state index in [-0.39, 0.29) is 34.8 Å². The van der Waals surface area contributed by atoms with E-state index >= 15 is 0 Å². The summed E-state index contributed by atoms with van der Waals surface area (Å²) >= 11 is 5.69. The van der Waals surface area contributed by atoms with Gasteiger partial charge in [-0.15, -0.1) is 0 Å². The molecule has 112 valence electrons. The van der Waals surface area contributed by atoms with Crippen LogP contribution in [0, 0.1) is 10.1 Å². The Morgan fingerprint density at radius 3 is 2.67 bits per heavy atom. The molecule has 1 heterocycles. The zero-order valence-electron chi connectivity index (χ0n) is 11.1. The fraction of sp³-hybridized carbons (Fsp3) is 0.385. The minimum atomic E-state index is -0.620. The van der Waals surface area contributed by atoms with Crippen LogP contribution in [-0.4, -0.2) is 41.2 Å². The van der Waals surface area contributed by atoms with Gasteiger partial charge < -0.3 is 9.64 Å². The molecular formula is C13H13ClN2O5. The van der Waals surface area contributed by atoms with Crippen molar-refractivity contribution in [3.8, 4) is 5.75 Å². The van der Waals surface area contributed by atoms with Crippen LogP contribution in [0.25, 0.3) is 0 Å². The smallest absolute Gasteiger partial charge is 0.312 e. The first kappa shape index (κ1) is 15.2. The minimum absolute atomic E-state index is 0.00849. The van der Waals surface area contributed by atoms with Gasteiger partial charge in [0, 0.05) is 37.0 Å². The normalized spacial score (nSPS) is 14.9. The maximum absolute atomic E-state index is 11.9. The number of hydrogen-bond donors (Lipinski definition) is 0. The second kappa shape index (κ2) is 6.53. The molecule has 1 aliphatic heterocycles. The van der Waals surface area contributed by atoms with Crippen LogP contribution < -0.4 is 4.74 Å². The lowest BCUT2D eigenvalue weighted by Gasteiger charge is -2.25. The van der Waals surface area contributed by atoms with E-state index in [0.717, 1.165) is 0 Å². The average molecular weight is 313 g/mol. The van der Waals surface area contributed by atoms with Crippen molar-refractivity contribution >= 4 is 29.0 Å². The fourth-order valence-electron chi connectivity index (χ4n) is 1.99. The first-order valence-electron chi connectivity index (χ1n) is 6.33. The molecular weight excluding hydrogens is 300 g/mol. The van der Waals surface area contributed by atoms with Crippen molar-refractivity contribution in [2.75, 3.05) is 19.7 Å². The van der Waals surface area contributed by atoms with Crippen LogP contribution in [0.15, 0.2) is 18.2 Å². The number of nitro groups is 1. The van der Waals surface area contributed by atoms with E-state index in [2.05, 4.69) is 0 Å². The number of amides is 1. The summed E-state index contributed by atoms with van der Waals surface area (Å²) in [6, 6.07) is 3.97. The molecule has 0 spiro atoms. The molecule has 1 saturated heterocycles. The summed E-state index contributed by atoms with van der Waals surface area (Å²) < 4.78 is 5.22. The molecule has 7 nitrogen and oxygen atoms in total. The molecule has 21 heavy (non-hydrogen) atoms. The molecule has 1 aromatic carbocycles. The standard InChI is InChI=1S/C13H13ClN2O5/c14-9-1-2-12(11(7-9)16(19)20)21-8-13(18)15-5-3-10(17)4-6-15/h1-2,7H,3-6,8H2. The predicted octanol–water partition coefficient (Wildman–Crippen LogP) is 1.82. The number of nitro benzene ring substituents is 1. The van der Waals surface area contributed by atoms with E-state index in [0.29, 0.717) is 25.9 Å². The Morgan fingerprint density at radius 2 is 2.05 bits per heavy atom. The molecule has 0 radical (unpaired) electrons. The van der Waals surface area contributed by atoms with Gasteiger partial charge in [0.25, 0.3) is 5.91 Å². The van der Waals surface area contributed by atoms with Crippen LogP contribution in [0.3, 0.4) is 0 Å². The highest BCUT2D eigenvalue weighted by Crippen LogP contribution is 2.29. The number of rotatable bonds is 4. The summed E-state index contributed by atoms with van der Waals surface area (Å²) in [5, 5.41) is 11.1. The van der Waals surface area contributed by atoms with E-state index < -0.39 is 4.92 Å². The molecule has 2 rings (SSSR count). The minimum Gasteiger partial charge on any atom is -0.477 e. The third-order valence-electron chi connectivity index (χ3n) is 3.14. The number of Topliss-reactive ketones (excluding diaryl/α,β-unsaturated/α-hetero) is 1. The van der Waals surface area contributed by atoms with Crippen LogP contribution in [-0.2, 0) is 9.59 Å². The summed E-state index contributed by atoms with van der Waals surface area (Å²) in [5.74, 6) is -0.175. The van der Waals surface area contributed by atoms with Gasteiger partial charge in [-0.3, -0.25) is 19.7 Å². The molecule has 1 aromatic rings. The molecule has 1 fully saturated rings. The average Bonchev–Trinajstić information content (AvgIpc) is 2.46. The Labute approximate surface area is 125 Å². The number of ether oxygens (including phenoxy) is 1. The van der Waals surface area contributed by atoms with Gasteiger partial charge in [0.05, 0.1) is 4.92 Å². The van der Waals surface area contributed by atoms with Crippen LogP contribution in [0.5, 0.6) is 5.75 Å². The molecule has 1 aliphatic rings. The first-order valence-corrected chi connectivity index (χ1v) is 6.71. The van der Waals surface area contributed by atoms with Crippen molar-refractivity contribution < 1.29 is 19.2 Å². The Kier molecular flexibility index (Phi) is 4.74. The van der Waals surface area contributed by atoms with Crippen LogP contribution in [0.4, 0.5) is 5.69 Å². The lowest BCUT2D eigenvalue weighted by atomic mass is 10.1. The number of ketones is 1. The van der Waals surface area contributed by atoms with Gasteiger partial charge in [-0.05, 0) is 12.1 Å². The van der Waals surface area contributed by atoms with E-state index in [1.807, 2.05) is 0 Å². The number of carbonyl (C=O) groups is 2. The van der Waals surface area contributed by atoms with Crippen molar-refractivity contribution in [2.24, 2.45) is 0 Å². The van der Waals surface area contributed by atoms with Crippen molar-refractivity contribution in [3.63, 3.8) is 0 Å². The van der Waals surface area contributed by atoms with Crippen LogP contribution in [0.2, 0.25) is 5.02 Å². The van der Waals surface area contributed by atoms with Gasteiger partial charge in [-0.1, -0.05) is 11.6 Å². The molecule has 0 N–H and O–H groups in total. The van der Waals surface area contributed by atoms with Crippen molar-refractivity contribution in [2.45, 2.75) is 12.8 Å². The first-order chi connectivity index (χ1) is 9.97. The SMILES string of the molecule is O=C1CCN(C(=O)COc2ccc(Cl)cc2[N+](=O)[O-])CC1. The van der Waals surface area contributed by atoms with Gasteiger partial charge in [0.2, 0.25) is 0 Å². The molecule has 0 aliphatic carbocycles. The fourth-order valence-corrected chi connectivity index (χ4v) is 2.16. The number of benzene rings is 1. The maximum atomic E-state index is 11.9. The third-order valence-corrected chi connectivity index (χ3v) is 3.38. The Bertz CT molecular complexity index is 580. The Balaban J connectivity index is 1.98. The van der Waals surface area contributed by atoms with Crippen LogP contribution >= 0.6 is 11.6 Å². The second-order valence-corrected chi connectivity index (χ2v) is 5.01. The molecule has 1 amide bonds. The van der Waals surface area contributed by atoms with E-state index in [1.54, 1.807) is 0 Å². The van der Waals surface area contributed by atoms with E-state index in [9.17, 15) is 19.7 Å². The Morgan fingerprint density at radius 1 is 1.38 bits per heavy atom. The number of piperidine rings is 1. The highest BCUT2D eigenvalue weighted by atomic mass is 35.5. The van der Waals surface area contributed by atoms with Crippen molar-refractivity contribution in [1.82, 2.24) is 4.90 Å². The highest BCUT2D eigenvalue weighted by Gasteiger charge is 2.22. The number of carbonyl (C=O) groups excluding carboxylic acids is 2. The number of likely N-dealkylation sites (tertiary alicyclic amines) is 1. The second-order valence-electron chi connectivity index (χ2n) is 4.58. The molecule has 0 atom stereocenters. The van der Waals surface area contributed by atoms with E-state index in [4.69, 9.17) is 16.3 Å². The van der Waals surface area contributed by atoms with Gasteiger partial charge in [-0.25, -0.2) is 0 Å². The zero-order valence-corrected chi connectivity index (χ0v) is 11.8. The van der Waals surface area contributed by atoms with Gasteiger partial charge >= 0.3 is 5.69 Å². The summed E-state index contributed by atoms with van der Waals surface area (Å²) in [6.45, 7) is 0.421. The summed E-state index contributed by atoms with van der Waals surface area (Å²) in [6.07, 6.45) is 0.680. The number of hydrogen-bond acceptors (Lipinski definition) is 5. The topological polar surface area (TPSA) is 89.8 Å². The van der Waals surface area contributed by atoms with Gasteiger partial charge in [0.1, 0.15) is 5.78 Å². The van der Waals surface area contributed by atoms with Gasteiger partial charge in [0.15, 0.2) is 12.4 Å². The lowest BCUT2D eigenvalue weighted by Crippen LogP contribution is -2.41. The summed E-state index contributed by atoms with van der Waals surface area (Å²) in [5.41, 5.74) is -0.288. The monoisotopic (exact) mass is 312 g/mol. The number of halogens is 1. The van der Waals surface area contributed by atoms with Gasteiger partial charge in [-0.2, -0.15) is 0 Å².